The van der Waals surface area contributed by atoms with Gasteiger partial charge in [0.1, 0.15) is 5.54 Å². The number of aromatic nitrogens is 2. The maximum Gasteiger partial charge on any atom is 0.227 e. The minimum absolute atomic E-state index is 0.00484. The number of hydrogen-bond acceptors (Lipinski definition) is 6. The van der Waals surface area contributed by atoms with Crippen LogP contribution in [-0.2, 0) is 32.9 Å². The number of carbonyl (C=O) groups excluding carboxylic acids is 3. The number of benzene rings is 1. The normalized spacial score (nSPS) is 15.2. The van der Waals surface area contributed by atoms with Crippen molar-refractivity contribution in [1.82, 2.24) is 20.8 Å². The van der Waals surface area contributed by atoms with Gasteiger partial charge < -0.3 is 20.5 Å². The monoisotopic (exact) mass is 469 g/mol. The average molecular weight is 470 g/mol. The van der Waals surface area contributed by atoms with E-state index in [0.717, 1.165) is 56.2 Å². The van der Waals surface area contributed by atoms with Gasteiger partial charge in [0, 0.05) is 38.4 Å². The lowest BCUT2D eigenvalue weighted by molar-refractivity contribution is -0.122. The zero-order chi connectivity index (χ0) is 24.4. The zero-order valence-electron chi connectivity index (χ0n) is 20.1. The highest BCUT2D eigenvalue weighted by molar-refractivity contribution is 5.90. The van der Waals surface area contributed by atoms with Gasteiger partial charge >= 0.3 is 0 Å². The number of anilines is 1. The van der Waals surface area contributed by atoms with E-state index < -0.39 is 5.54 Å². The Hall–Kier alpha value is -3.23. The summed E-state index contributed by atoms with van der Waals surface area (Å²) < 4.78 is 5.41. The minimum Gasteiger partial charge on any atom is -0.352 e. The SMILES string of the molecule is CCCC(=O)Nc1ccc(CNC(=O)CCc2nc(C3(NC(C)=O)CCCCCC3)no2)cc1. The molecule has 1 aliphatic carbocycles. The molecule has 9 nitrogen and oxygen atoms in total. The van der Waals surface area contributed by atoms with Crippen molar-refractivity contribution in [2.75, 3.05) is 5.32 Å². The third-order valence-electron chi connectivity index (χ3n) is 6.04. The third kappa shape index (κ3) is 7.40. The lowest BCUT2D eigenvalue weighted by Crippen LogP contribution is -2.45. The van der Waals surface area contributed by atoms with Gasteiger partial charge in [-0.1, -0.05) is 49.9 Å². The van der Waals surface area contributed by atoms with Crippen molar-refractivity contribution in [3.8, 4) is 0 Å². The Morgan fingerprint density at radius 3 is 2.35 bits per heavy atom. The van der Waals surface area contributed by atoms with Crippen molar-refractivity contribution in [2.24, 2.45) is 0 Å². The summed E-state index contributed by atoms with van der Waals surface area (Å²) in [7, 11) is 0. The van der Waals surface area contributed by atoms with Crippen LogP contribution >= 0.6 is 0 Å². The maximum absolute atomic E-state index is 12.3. The molecule has 0 saturated heterocycles. The first-order valence-corrected chi connectivity index (χ1v) is 12.2. The molecule has 3 amide bonds. The van der Waals surface area contributed by atoms with Crippen LogP contribution in [0.1, 0.15) is 88.9 Å². The number of carbonyl (C=O) groups is 3. The highest BCUT2D eigenvalue weighted by atomic mass is 16.5. The van der Waals surface area contributed by atoms with Gasteiger partial charge in [0.15, 0.2) is 5.82 Å². The third-order valence-corrected chi connectivity index (χ3v) is 6.04. The van der Waals surface area contributed by atoms with Crippen molar-refractivity contribution >= 4 is 23.4 Å². The van der Waals surface area contributed by atoms with Crippen LogP contribution in [0.3, 0.4) is 0 Å². The Balaban J connectivity index is 1.49. The van der Waals surface area contributed by atoms with E-state index >= 15 is 0 Å². The number of amides is 3. The fraction of sp³-hybridized carbons (Fsp3) is 0.560. The molecule has 184 valence electrons. The molecule has 34 heavy (non-hydrogen) atoms. The van der Waals surface area contributed by atoms with Crippen molar-refractivity contribution in [1.29, 1.82) is 0 Å². The summed E-state index contributed by atoms with van der Waals surface area (Å²) in [6, 6.07) is 7.40. The summed E-state index contributed by atoms with van der Waals surface area (Å²) in [5, 5.41) is 12.9. The Labute approximate surface area is 200 Å². The molecule has 1 saturated carbocycles. The number of rotatable bonds is 10. The van der Waals surface area contributed by atoms with Crippen LogP contribution in [0.15, 0.2) is 28.8 Å². The van der Waals surface area contributed by atoms with Crippen LogP contribution in [0, 0.1) is 0 Å². The maximum atomic E-state index is 12.3. The molecule has 2 aromatic rings. The molecule has 1 aromatic carbocycles. The van der Waals surface area contributed by atoms with Crippen LogP contribution < -0.4 is 16.0 Å². The molecule has 1 fully saturated rings. The van der Waals surface area contributed by atoms with E-state index in [2.05, 4.69) is 26.1 Å². The van der Waals surface area contributed by atoms with Crippen LogP contribution in [0.4, 0.5) is 5.69 Å². The van der Waals surface area contributed by atoms with E-state index in [4.69, 9.17) is 4.52 Å². The van der Waals surface area contributed by atoms with Gasteiger partial charge in [-0.25, -0.2) is 0 Å². The molecule has 0 spiro atoms. The summed E-state index contributed by atoms with van der Waals surface area (Å²) in [6.07, 6.45) is 7.67. The Morgan fingerprint density at radius 1 is 1.00 bits per heavy atom. The fourth-order valence-corrected chi connectivity index (χ4v) is 4.29. The molecule has 0 aliphatic heterocycles. The second kappa shape index (κ2) is 12.3. The molecular weight excluding hydrogens is 434 g/mol. The van der Waals surface area contributed by atoms with E-state index in [0.29, 0.717) is 31.1 Å². The Kier molecular flexibility index (Phi) is 9.18. The van der Waals surface area contributed by atoms with Gasteiger partial charge in [0.05, 0.1) is 0 Å². The van der Waals surface area contributed by atoms with Crippen molar-refractivity contribution in [2.45, 2.75) is 90.1 Å². The number of nitrogens with one attached hydrogen (secondary N) is 3. The molecular formula is C25H35N5O4. The predicted molar refractivity (Wildman–Crippen MR) is 128 cm³/mol. The minimum atomic E-state index is -0.589. The molecule has 1 aliphatic rings. The van der Waals surface area contributed by atoms with Gasteiger partial charge in [-0.15, -0.1) is 0 Å². The smallest absolute Gasteiger partial charge is 0.227 e. The molecule has 1 aromatic heterocycles. The molecule has 1 heterocycles. The van der Waals surface area contributed by atoms with E-state index in [9.17, 15) is 14.4 Å². The average Bonchev–Trinajstić information content (AvgIpc) is 3.17. The highest BCUT2D eigenvalue weighted by Gasteiger charge is 2.38. The highest BCUT2D eigenvalue weighted by Crippen LogP contribution is 2.34. The quantitative estimate of drug-likeness (QED) is 0.455. The Morgan fingerprint density at radius 2 is 1.71 bits per heavy atom. The van der Waals surface area contributed by atoms with Crippen molar-refractivity contribution in [3.63, 3.8) is 0 Å². The fourth-order valence-electron chi connectivity index (χ4n) is 4.29. The molecule has 0 atom stereocenters. The summed E-state index contributed by atoms with van der Waals surface area (Å²) in [4.78, 5) is 40.4. The van der Waals surface area contributed by atoms with Crippen LogP contribution in [-0.4, -0.2) is 27.9 Å². The lowest BCUT2D eigenvalue weighted by atomic mass is 9.89. The molecule has 9 heteroatoms. The Bertz CT molecular complexity index is 962. The van der Waals surface area contributed by atoms with Gasteiger partial charge in [0.25, 0.3) is 0 Å². The van der Waals surface area contributed by atoms with E-state index in [1.54, 1.807) is 0 Å². The lowest BCUT2D eigenvalue weighted by Gasteiger charge is -2.30. The first-order chi connectivity index (χ1) is 16.4. The molecule has 0 radical (unpaired) electrons. The molecule has 0 unspecified atom stereocenters. The van der Waals surface area contributed by atoms with Gasteiger partial charge in [-0.05, 0) is 37.0 Å². The standard InChI is InChI=1S/C25H35N5O4/c1-3-8-22(33)27-20-11-9-19(10-12-20)17-26-21(32)13-14-23-28-24(30-34-23)25(29-18(2)31)15-6-4-5-7-16-25/h9-12H,3-8,13-17H2,1-2H3,(H,26,32)(H,27,33)(H,29,31). The van der Waals surface area contributed by atoms with Crippen molar-refractivity contribution in [3.05, 3.63) is 41.5 Å². The summed E-state index contributed by atoms with van der Waals surface area (Å²) in [6.45, 7) is 3.86. The first-order valence-electron chi connectivity index (χ1n) is 12.2. The number of hydrogen-bond donors (Lipinski definition) is 3. The molecule has 3 rings (SSSR count). The zero-order valence-corrected chi connectivity index (χ0v) is 20.1. The van der Waals surface area contributed by atoms with Gasteiger partial charge in [0.2, 0.25) is 23.6 Å². The van der Waals surface area contributed by atoms with Crippen molar-refractivity contribution < 1.29 is 18.9 Å². The largest absolute Gasteiger partial charge is 0.352 e. The topological polar surface area (TPSA) is 126 Å². The van der Waals surface area contributed by atoms with Crippen LogP contribution in [0.5, 0.6) is 0 Å². The molecule has 3 N–H and O–H groups in total. The number of nitrogens with zero attached hydrogens (tertiary/aromatic N) is 2. The first kappa shape index (κ1) is 25.4. The molecule has 0 bridgehead atoms. The van der Waals surface area contributed by atoms with E-state index in [1.165, 1.54) is 6.92 Å². The summed E-state index contributed by atoms with van der Waals surface area (Å²) >= 11 is 0. The van der Waals surface area contributed by atoms with E-state index in [1.807, 2.05) is 31.2 Å². The summed E-state index contributed by atoms with van der Waals surface area (Å²) in [5.74, 6) is 0.669. The second-order valence-electron chi connectivity index (χ2n) is 8.96. The van der Waals surface area contributed by atoms with E-state index in [-0.39, 0.29) is 24.1 Å². The second-order valence-corrected chi connectivity index (χ2v) is 8.96. The predicted octanol–water partition coefficient (Wildman–Crippen LogP) is 3.74. The van der Waals surface area contributed by atoms with Crippen LogP contribution in [0.2, 0.25) is 0 Å². The number of aryl methyl sites for hydroxylation is 1. The van der Waals surface area contributed by atoms with Crippen LogP contribution in [0.25, 0.3) is 0 Å². The van der Waals surface area contributed by atoms with Gasteiger partial charge in [-0.2, -0.15) is 4.98 Å². The van der Waals surface area contributed by atoms with Gasteiger partial charge in [-0.3, -0.25) is 14.4 Å². The summed E-state index contributed by atoms with van der Waals surface area (Å²) in [5.41, 5.74) is 1.09.